The third-order valence-corrected chi connectivity index (χ3v) is 5.13. The Kier molecular flexibility index (Phi) is 6.63. The van der Waals surface area contributed by atoms with Gasteiger partial charge in [0.15, 0.2) is 9.84 Å². The number of sulfone groups is 1. The van der Waals surface area contributed by atoms with Gasteiger partial charge in [0.2, 0.25) is 5.91 Å². The summed E-state index contributed by atoms with van der Waals surface area (Å²) in [5.74, 6) is -2.61. The Balaban J connectivity index is 0.00000280. The number of ether oxygens (including phenoxy) is 1. The van der Waals surface area contributed by atoms with Crippen LogP contribution in [0.3, 0.4) is 0 Å². The number of rotatable bonds is 5. The van der Waals surface area contributed by atoms with Gasteiger partial charge in [-0.15, -0.1) is 12.4 Å². The molecule has 1 heterocycles. The molecule has 6 nitrogen and oxygen atoms in total. The van der Waals surface area contributed by atoms with Crippen LogP contribution in [0.25, 0.3) is 0 Å². The first-order chi connectivity index (χ1) is 12.6. The molecule has 0 aliphatic carbocycles. The third kappa shape index (κ3) is 5.63. The number of hydrogen-bond acceptors (Lipinski definition) is 5. The summed E-state index contributed by atoms with van der Waals surface area (Å²) in [7, 11) is -3.34. The summed E-state index contributed by atoms with van der Waals surface area (Å²) in [6, 6.07) is 11.5. The van der Waals surface area contributed by atoms with Crippen LogP contribution in [0.2, 0.25) is 0 Å². The highest BCUT2D eigenvalue weighted by Crippen LogP contribution is 2.27. The lowest BCUT2D eigenvalue weighted by atomic mass is 10.2. The van der Waals surface area contributed by atoms with Gasteiger partial charge in [0.25, 0.3) is 5.92 Å². The van der Waals surface area contributed by atoms with Gasteiger partial charge in [-0.2, -0.15) is 0 Å². The number of carbonyl (C=O) groups is 1. The molecule has 1 saturated heterocycles. The minimum absolute atomic E-state index is 0. The molecule has 0 aromatic heterocycles. The van der Waals surface area contributed by atoms with Crippen molar-refractivity contribution in [3.8, 4) is 11.5 Å². The minimum atomic E-state index is -3.34. The monoisotopic (exact) mass is 432 g/mol. The molecule has 2 N–H and O–H groups in total. The van der Waals surface area contributed by atoms with E-state index in [1.54, 1.807) is 36.4 Å². The number of nitrogens with one attached hydrogen (secondary N) is 2. The molecular weight excluding hydrogens is 414 g/mol. The molecule has 0 bridgehead atoms. The maximum absolute atomic E-state index is 13.2. The van der Waals surface area contributed by atoms with Crippen LogP contribution in [-0.2, 0) is 14.6 Å². The van der Waals surface area contributed by atoms with Crippen molar-refractivity contribution in [2.75, 3.05) is 18.1 Å². The first kappa shape index (κ1) is 22.1. The van der Waals surface area contributed by atoms with Crippen molar-refractivity contribution in [3.05, 3.63) is 48.5 Å². The summed E-state index contributed by atoms with van der Waals surface area (Å²) < 4.78 is 55.1. The Hall–Kier alpha value is -2.23. The average molecular weight is 433 g/mol. The Bertz CT molecular complexity index is 952. The van der Waals surface area contributed by atoms with E-state index >= 15 is 0 Å². The molecule has 0 radical (unpaired) electrons. The Labute approximate surface area is 167 Å². The van der Waals surface area contributed by atoms with Crippen molar-refractivity contribution in [1.82, 2.24) is 5.32 Å². The van der Waals surface area contributed by atoms with E-state index in [2.05, 4.69) is 10.6 Å². The smallest absolute Gasteiger partial charge is 0.262 e. The predicted octanol–water partition coefficient (Wildman–Crippen LogP) is 3.24. The van der Waals surface area contributed by atoms with E-state index in [-0.39, 0.29) is 17.3 Å². The molecular formula is C18H19ClF2N2O4S. The molecule has 0 saturated carbocycles. The van der Waals surface area contributed by atoms with E-state index in [0.717, 1.165) is 6.26 Å². The standard InChI is InChI=1S/C18H18F2N2O4S.ClH/c1-27(24,25)15-4-2-3-14(9-15)26-13-7-5-12(6-8-13)22-17(23)16-10-18(19,20)11-21-16;/h2-9,16,21H,10-11H2,1H3,(H,22,23);1H. The van der Waals surface area contributed by atoms with Crippen molar-refractivity contribution < 1.29 is 26.7 Å². The zero-order valence-electron chi connectivity index (χ0n) is 14.8. The highest BCUT2D eigenvalue weighted by molar-refractivity contribution is 7.90. The van der Waals surface area contributed by atoms with E-state index in [9.17, 15) is 22.0 Å². The maximum atomic E-state index is 13.2. The molecule has 1 atom stereocenters. The number of carbonyl (C=O) groups excluding carboxylic acids is 1. The third-order valence-electron chi connectivity index (χ3n) is 4.02. The van der Waals surface area contributed by atoms with Crippen LogP contribution in [0.1, 0.15) is 6.42 Å². The summed E-state index contributed by atoms with van der Waals surface area (Å²) >= 11 is 0. The SMILES string of the molecule is CS(=O)(=O)c1cccc(Oc2ccc(NC(=O)C3CC(F)(F)CN3)cc2)c1.Cl. The van der Waals surface area contributed by atoms with Crippen molar-refractivity contribution in [2.45, 2.75) is 23.3 Å². The van der Waals surface area contributed by atoms with Gasteiger partial charge in [-0.05, 0) is 42.5 Å². The first-order valence-electron chi connectivity index (χ1n) is 8.13. The Morgan fingerprint density at radius 2 is 1.86 bits per heavy atom. The van der Waals surface area contributed by atoms with E-state index < -0.39 is 40.7 Å². The molecule has 1 aliphatic heterocycles. The van der Waals surface area contributed by atoms with Gasteiger partial charge in [-0.25, -0.2) is 17.2 Å². The molecule has 10 heteroatoms. The molecule has 1 aliphatic rings. The largest absolute Gasteiger partial charge is 0.457 e. The van der Waals surface area contributed by atoms with Gasteiger partial charge in [0.1, 0.15) is 11.5 Å². The van der Waals surface area contributed by atoms with Crippen LogP contribution in [0.5, 0.6) is 11.5 Å². The number of anilines is 1. The van der Waals surface area contributed by atoms with Crippen LogP contribution >= 0.6 is 12.4 Å². The number of amides is 1. The molecule has 1 amide bonds. The van der Waals surface area contributed by atoms with Crippen molar-refractivity contribution in [1.29, 1.82) is 0 Å². The minimum Gasteiger partial charge on any atom is -0.457 e. The second-order valence-electron chi connectivity index (χ2n) is 6.36. The normalized spacial score (nSPS) is 18.2. The number of hydrogen-bond donors (Lipinski definition) is 2. The molecule has 0 spiro atoms. The van der Waals surface area contributed by atoms with E-state index in [1.165, 1.54) is 12.1 Å². The molecule has 2 aromatic rings. The first-order valence-corrected chi connectivity index (χ1v) is 10.0. The fourth-order valence-electron chi connectivity index (χ4n) is 2.64. The van der Waals surface area contributed by atoms with Gasteiger partial charge in [0.05, 0.1) is 17.5 Å². The van der Waals surface area contributed by atoms with Crippen LogP contribution in [-0.4, -0.2) is 39.1 Å². The topological polar surface area (TPSA) is 84.5 Å². The average Bonchev–Trinajstić information content (AvgIpc) is 2.96. The molecule has 2 aromatic carbocycles. The van der Waals surface area contributed by atoms with Gasteiger partial charge in [0, 0.05) is 18.4 Å². The Morgan fingerprint density at radius 1 is 1.18 bits per heavy atom. The van der Waals surface area contributed by atoms with Crippen molar-refractivity contribution in [2.24, 2.45) is 0 Å². The summed E-state index contributed by atoms with van der Waals surface area (Å²) in [4.78, 5) is 12.2. The summed E-state index contributed by atoms with van der Waals surface area (Å²) in [6.07, 6.45) is 0.579. The highest BCUT2D eigenvalue weighted by Gasteiger charge is 2.42. The number of halogens is 3. The van der Waals surface area contributed by atoms with Crippen LogP contribution in [0.15, 0.2) is 53.4 Å². The summed E-state index contributed by atoms with van der Waals surface area (Å²) in [5, 5.41) is 5.06. The van der Waals surface area contributed by atoms with Crippen molar-refractivity contribution >= 4 is 33.8 Å². The van der Waals surface area contributed by atoms with E-state index in [1.807, 2.05) is 0 Å². The zero-order chi connectivity index (χ0) is 19.7. The summed E-state index contributed by atoms with van der Waals surface area (Å²) in [5.41, 5.74) is 0.439. The quantitative estimate of drug-likeness (QED) is 0.757. The lowest BCUT2D eigenvalue weighted by Crippen LogP contribution is -2.35. The van der Waals surface area contributed by atoms with Gasteiger partial charge < -0.3 is 10.1 Å². The number of benzene rings is 2. The molecule has 28 heavy (non-hydrogen) atoms. The van der Waals surface area contributed by atoms with Gasteiger partial charge in [-0.3, -0.25) is 10.1 Å². The zero-order valence-corrected chi connectivity index (χ0v) is 16.4. The lowest BCUT2D eigenvalue weighted by molar-refractivity contribution is -0.118. The van der Waals surface area contributed by atoms with E-state index in [0.29, 0.717) is 17.2 Å². The second-order valence-corrected chi connectivity index (χ2v) is 8.37. The molecule has 1 unspecified atom stereocenters. The fourth-order valence-corrected chi connectivity index (χ4v) is 3.30. The molecule has 152 valence electrons. The Morgan fingerprint density at radius 3 is 2.43 bits per heavy atom. The van der Waals surface area contributed by atoms with Gasteiger partial charge in [-0.1, -0.05) is 6.07 Å². The maximum Gasteiger partial charge on any atom is 0.262 e. The highest BCUT2D eigenvalue weighted by atomic mass is 35.5. The fraction of sp³-hybridized carbons (Fsp3) is 0.278. The predicted molar refractivity (Wildman–Crippen MR) is 103 cm³/mol. The van der Waals surface area contributed by atoms with Crippen molar-refractivity contribution in [3.63, 3.8) is 0 Å². The second kappa shape index (κ2) is 8.42. The number of alkyl halides is 2. The summed E-state index contributed by atoms with van der Waals surface area (Å²) in [6.45, 7) is -0.510. The lowest BCUT2D eigenvalue weighted by Gasteiger charge is -2.12. The van der Waals surface area contributed by atoms with Crippen LogP contribution in [0, 0.1) is 0 Å². The van der Waals surface area contributed by atoms with Gasteiger partial charge >= 0.3 is 0 Å². The van der Waals surface area contributed by atoms with E-state index in [4.69, 9.17) is 4.74 Å². The molecule has 3 rings (SSSR count). The van der Waals surface area contributed by atoms with Crippen LogP contribution < -0.4 is 15.4 Å². The van der Waals surface area contributed by atoms with Crippen LogP contribution in [0.4, 0.5) is 14.5 Å². The molecule has 1 fully saturated rings.